The van der Waals surface area contributed by atoms with Crippen LogP contribution < -0.4 is 10.5 Å². The van der Waals surface area contributed by atoms with Crippen molar-refractivity contribution in [1.29, 1.82) is 0 Å². The minimum Gasteiger partial charge on any atom is -0.504 e. The third-order valence-corrected chi connectivity index (χ3v) is 3.35. The molecule has 3 rings (SSSR count). The Labute approximate surface area is 117 Å². The lowest BCUT2D eigenvalue weighted by Gasteiger charge is -2.06. The molecule has 0 aliphatic carbocycles. The van der Waals surface area contributed by atoms with E-state index >= 15 is 0 Å². The molecule has 0 aliphatic heterocycles. The second-order valence-corrected chi connectivity index (χ2v) is 4.80. The SMILES string of the molecule is Cn1cc(COc2ccccc2O)c2ccc(N)cc21. The lowest BCUT2D eigenvalue weighted by atomic mass is 10.1. The fourth-order valence-electron chi connectivity index (χ4n) is 2.33. The Morgan fingerprint density at radius 2 is 2.00 bits per heavy atom. The van der Waals surface area contributed by atoms with Crippen molar-refractivity contribution in [3.05, 3.63) is 54.2 Å². The molecular weight excluding hydrogens is 252 g/mol. The number of para-hydroxylation sites is 2. The molecule has 0 aliphatic rings. The van der Waals surface area contributed by atoms with Crippen LogP contribution in [0.25, 0.3) is 10.9 Å². The van der Waals surface area contributed by atoms with Gasteiger partial charge >= 0.3 is 0 Å². The number of nitrogens with two attached hydrogens (primary N) is 1. The number of hydrogen-bond donors (Lipinski definition) is 2. The van der Waals surface area contributed by atoms with E-state index in [4.69, 9.17) is 10.5 Å². The first-order valence-electron chi connectivity index (χ1n) is 6.39. The van der Waals surface area contributed by atoms with Gasteiger partial charge in [-0.05, 0) is 24.3 Å². The summed E-state index contributed by atoms with van der Waals surface area (Å²) in [5, 5.41) is 10.8. The molecule has 1 heterocycles. The molecule has 0 atom stereocenters. The molecule has 102 valence electrons. The minimum atomic E-state index is 0.150. The lowest BCUT2D eigenvalue weighted by molar-refractivity contribution is 0.290. The minimum absolute atomic E-state index is 0.150. The van der Waals surface area contributed by atoms with E-state index in [1.807, 2.05) is 42.1 Å². The average Bonchev–Trinajstić information content (AvgIpc) is 2.74. The van der Waals surface area contributed by atoms with E-state index < -0.39 is 0 Å². The summed E-state index contributed by atoms with van der Waals surface area (Å²) in [6, 6.07) is 12.8. The summed E-state index contributed by atoms with van der Waals surface area (Å²) in [6.45, 7) is 0.402. The molecule has 2 aromatic carbocycles. The highest BCUT2D eigenvalue weighted by Gasteiger charge is 2.08. The number of benzene rings is 2. The molecule has 4 heteroatoms. The van der Waals surface area contributed by atoms with Gasteiger partial charge in [-0.25, -0.2) is 0 Å². The number of aryl methyl sites for hydroxylation is 1. The van der Waals surface area contributed by atoms with Crippen molar-refractivity contribution < 1.29 is 9.84 Å². The third kappa shape index (κ3) is 2.16. The predicted octanol–water partition coefficient (Wildman–Crippen LogP) is 3.05. The molecule has 0 fully saturated rings. The van der Waals surface area contributed by atoms with Gasteiger partial charge in [0.25, 0.3) is 0 Å². The van der Waals surface area contributed by atoms with Gasteiger partial charge in [-0.1, -0.05) is 18.2 Å². The molecule has 0 spiro atoms. The highest BCUT2D eigenvalue weighted by Crippen LogP contribution is 2.28. The number of phenols is 1. The summed E-state index contributed by atoms with van der Waals surface area (Å²) in [7, 11) is 1.98. The number of fused-ring (bicyclic) bond motifs is 1. The summed E-state index contributed by atoms with van der Waals surface area (Å²) in [4.78, 5) is 0. The van der Waals surface area contributed by atoms with Crippen LogP contribution in [-0.2, 0) is 13.7 Å². The predicted molar refractivity (Wildman–Crippen MR) is 79.8 cm³/mol. The molecule has 0 radical (unpaired) electrons. The fraction of sp³-hybridized carbons (Fsp3) is 0.125. The summed E-state index contributed by atoms with van der Waals surface area (Å²) in [6.07, 6.45) is 2.02. The maximum absolute atomic E-state index is 9.70. The first-order valence-corrected chi connectivity index (χ1v) is 6.39. The van der Waals surface area contributed by atoms with Crippen molar-refractivity contribution in [2.45, 2.75) is 6.61 Å². The van der Waals surface area contributed by atoms with E-state index in [0.29, 0.717) is 12.4 Å². The Hall–Kier alpha value is -2.62. The fourth-order valence-corrected chi connectivity index (χ4v) is 2.33. The van der Waals surface area contributed by atoms with Crippen LogP contribution in [-0.4, -0.2) is 9.67 Å². The van der Waals surface area contributed by atoms with Crippen molar-refractivity contribution in [3.8, 4) is 11.5 Å². The van der Waals surface area contributed by atoms with Crippen molar-refractivity contribution in [3.63, 3.8) is 0 Å². The lowest BCUT2D eigenvalue weighted by Crippen LogP contribution is -1.94. The summed E-state index contributed by atoms with van der Waals surface area (Å²) in [5.74, 6) is 0.636. The number of ether oxygens (including phenoxy) is 1. The van der Waals surface area contributed by atoms with Gasteiger partial charge in [0.2, 0.25) is 0 Å². The number of anilines is 1. The Bertz CT molecular complexity index is 762. The number of aromatic hydroxyl groups is 1. The molecule has 1 aromatic heterocycles. The largest absolute Gasteiger partial charge is 0.504 e. The van der Waals surface area contributed by atoms with Crippen LogP contribution in [0.15, 0.2) is 48.7 Å². The second-order valence-electron chi connectivity index (χ2n) is 4.80. The van der Waals surface area contributed by atoms with Crippen LogP contribution >= 0.6 is 0 Å². The van der Waals surface area contributed by atoms with Crippen molar-refractivity contribution in [2.24, 2.45) is 7.05 Å². The van der Waals surface area contributed by atoms with Crippen LogP contribution in [0.4, 0.5) is 5.69 Å². The van der Waals surface area contributed by atoms with E-state index in [9.17, 15) is 5.11 Å². The molecule has 0 bridgehead atoms. The maximum Gasteiger partial charge on any atom is 0.161 e. The highest BCUT2D eigenvalue weighted by molar-refractivity contribution is 5.86. The Morgan fingerprint density at radius 3 is 2.80 bits per heavy atom. The van der Waals surface area contributed by atoms with Crippen LogP contribution in [0.1, 0.15) is 5.56 Å². The average molecular weight is 268 g/mol. The van der Waals surface area contributed by atoms with Crippen LogP contribution in [0.5, 0.6) is 11.5 Å². The summed E-state index contributed by atoms with van der Waals surface area (Å²) in [5.41, 5.74) is 8.68. The zero-order chi connectivity index (χ0) is 14.1. The first kappa shape index (κ1) is 12.4. The molecule has 3 N–H and O–H groups in total. The molecule has 0 saturated carbocycles. The van der Waals surface area contributed by atoms with E-state index in [2.05, 4.69) is 0 Å². The molecule has 3 aromatic rings. The van der Waals surface area contributed by atoms with Gasteiger partial charge in [0.1, 0.15) is 6.61 Å². The topological polar surface area (TPSA) is 60.4 Å². The summed E-state index contributed by atoms with van der Waals surface area (Å²) >= 11 is 0. The van der Waals surface area contributed by atoms with Gasteiger partial charge in [-0.3, -0.25) is 0 Å². The molecular formula is C16H16N2O2. The quantitative estimate of drug-likeness (QED) is 0.718. The molecule has 0 unspecified atom stereocenters. The van der Waals surface area contributed by atoms with Gasteiger partial charge in [-0.2, -0.15) is 0 Å². The number of hydrogen-bond acceptors (Lipinski definition) is 3. The first-order chi connectivity index (χ1) is 9.65. The number of phenolic OH excluding ortho intramolecular Hbond substituents is 1. The number of rotatable bonds is 3. The van der Waals surface area contributed by atoms with Crippen molar-refractivity contribution >= 4 is 16.6 Å². The third-order valence-electron chi connectivity index (χ3n) is 3.35. The number of aromatic nitrogens is 1. The highest BCUT2D eigenvalue weighted by atomic mass is 16.5. The van der Waals surface area contributed by atoms with Gasteiger partial charge in [0.05, 0.1) is 5.52 Å². The van der Waals surface area contributed by atoms with E-state index in [1.54, 1.807) is 18.2 Å². The van der Waals surface area contributed by atoms with Crippen LogP contribution in [0.2, 0.25) is 0 Å². The van der Waals surface area contributed by atoms with Gasteiger partial charge in [0.15, 0.2) is 11.5 Å². The standard InChI is InChI=1S/C16H16N2O2/c1-18-9-11(13-7-6-12(17)8-14(13)18)10-20-16-5-3-2-4-15(16)19/h2-9,19H,10,17H2,1H3. The van der Waals surface area contributed by atoms with Crippen molar-refractivity contribution in [2.75, 3.05) is 5.73 Å². The van der Waals surface area contributed by atoms with E-state index in [0.717, 1.165) is 22.2 Å². The van der Waals surface area contributed by atoms with Crippen LogP contribution in [0, 0.1) is 0 Å². The normalized spacial score (nSPS) is 10.8. The number of nitrogen functional groups attached to an aromatic ring is 1. The molecule has 0 amide bonds. The van der Waals surface area contributed by atoms with E-state index in [-0.39, 0.29) is 5.75 Å². The zero-order valence-electron chi connectivity index (χ0n) is 11.2. The van der Waals surface area contributed by atoms with Gasteiger partial charge in [0, 0.05) is 29.9 Å². The summed E-state index contributed by atoms with van der Waals surface area (Å²) < 4.78 is 7.70. The second kappa shape index (κ2) is 4.81. The zero-order valence-corrected chi connectivity index (χ0v) is 11.2. The Balaban J connectivity index is 1.90. The Kier molecular flexibility index (Phi) is 2.99. The Morgan fingerprint density at radius 1 is 1.20 bits per heavy atom. The molecule has 0 saturated heterocycles. The molecule has 4 nitrogen and oxygen atoms in total. The maximum atomic E-state index is 9.70. The molecule has 20 heavy (non-hydrogen) atoms. The van der Waals surface area contributed by atoms with Gasteiger partial charge in [-0.15, -0.1) is 0 Å². The monoisotopic (exact) mass is 268 g/mol. The van der Waals surface area contributed by atoms with Crippen LogP contribution in [0.3, 0.4) is 0 Å². The number of nitrogens with zero attached hydrogens (tertiary/aromatic N) is 1. The van der Waals surface area contributed by atoms with Gasteiger partial charge < -0.3 is 20.1 Å². The van der Waals surface area contributed by atoms with E-state index in [1.165, 1.54) is 0 Å². The smallest absolute Gasteiger partial charge is 0.161 e. The van der Waals surface area contributed by atoms with Crippen molar-refractivity contribution in [1.82, 2.24) is 4.57 Å².